The van der Waals surface area contributed by atoms with Gasteiger partial charge in [0, 0.05) is 0 Å². The van der Waals surface area contributed by atoms with Crippen LogP contribution in [0.5, 0.6) is 0 Å². The normalized spacial score (nSPS) is 6.00. The van der Waals surface area contributed by atoms with Gasteiger partial charge in [0.25, 0.3) is 0 Å². The van der Waals surface area contributed by atoms with E-state index in [0.29, 0.717) is 0 Å². The minimum Gasteiger partial charge on any atom is -0.343 e. The van der Waals surface area contributed by atoms with Crippen molar-refractivity contribution < 1.29 is 139 Å². The van der Waals surface area contributed by atoms with Crippen molar-refractivity contribution in [2.45, 2.75) is 59.3 Å². The van der Waals surface area contributed by atoms with Crippen molar-refractivity contribution in [1.82, 2.24) is 0 Å². The van der Waals surface area contributed by atoms with Gasteiger partial charge in [-0.3, -0.25) is 0 Å². The summed E-state index contributed by atoms with van der Waals surface area (Å²) in [4.78, 5) is 0. The van der Waals surface area contributed by atoms with Crippen molar-refractivity contribution in [1.29, 1.82) is 0 Å². The summed E-state index contributed by atoms with van der Waals surface area (Å²) in [5.74, 6) is 0. The Morgan fingerprint density at radius 3 is 0.733 bits per heavy atom. The third kappa shape index (κ3) is 91.4. The summed E-state index contributed by atoms with van der Waals surface area (Å²) in [6, 6.07) is 0. The zero-order valence-corrected chi connectivity index (χ0v) is 21.8. The van der Waals surface area contributed by atoms with Crippen molar-refractivity contribution in [2.75, 3.05) is 0 Å². The maximum atomic E-state index is 3.60. The topological polar surface area (TPSA) is 0 Å². The SMILES string of the molecule is [CH2-]CCC.[CH2-]CCC.[CH2-]CCC.[Cs+].[K+].[Li+]. The van der Waals surface area contributed by atoms with Gasteiger partial charge in [-0.25, -0.2) is 0 Å². The van der Waals surface area contributed by atoms with Gasteiger partial charge in [0.2, 0.25) is 0 Å². The van der Waals surface area contributed by atoms with E-state index in [4.69, 9.17) is 0 Å². The van der Waals surface area contributed by atoms with Gasteiger partial charge in [-0.05, 0) is 0 Å². The molecule has 0 amide bonds. The number of hydrogen-bond donors (Lipinski definition) is 0. The molecular formula is C12H27CsKLi. The Kier molecular flexibility index (Phi) is 126. The first-order valence-electron chi connectivity index (χ1n) is 5.12. The Morgan fingerprint density at radius 1 is 0.667 bits per heavy atom. The van der Waals surface area contributed by atoms with Gasteiger partial charge in [-0.2, -0.15) is 19.3 Å². The third-order valence-corrected chi connectivity index (χ3v) is 1.06. The predicted octanol–water partition coefficient (Wildman–Crippen LogP) is -4.13. The monoisotopic (exact) mass is 350 g/mol. The number of rotatable bonds is 3. The van der Waals surface area contributed by atoms with E-state index in [0.717, 1.165) is 19.3 Å². The van der Waals surface area contributed by atoms with E-state index < -0.39 is 0 Å². The Morgan fingerprint density at radius 2 is 0.733 bits per heavy atom. The Balaban J connectivity index is -0.0000000184. The summed E-state index contributed by atoms with van der Waals surface area (Å²) >= 11 is 0. The summed E-state index contributed by atoms with van der Waals surface area (Å²) in [5.41, 5.74) is 0. The molecule has 0 heterocycles. The van der Waals surface area contributed by atoms with Crippen molar-refractivity contribution in [3.05, 3.63) is 20.8 Å². The molecule has 0 bridgehead atoms. The maximum Gasteiger partial charge on any atom is 1.00 e. The summed E-state index contributed by atoms with van der Waals surface area (Å²) in [5, 5.41) is 0. The zero-order chi connectivity index (χ0) is 10.2. The molecule has 3 heteroatoms. The molecule has 0 fully saturated rings. The second-order valence-corrected chi connectivity index (χ2v) is 2.56. The Labute approximate surface area is 213 Å². The van der Waals surface area contributed by atoms with Crippen molar-refractivity contribution in [3.8, 4) is 0 Å². The molecule has 0 aromatic heterocycles. The van der Waals surface area contributed by atoms with E-state index in [1.807, 2.05) is 0 Å². The first-order chi connectivity index (χ1) is 5.74. The van der Waals surface area contributed by atoms with Crippen LogP contribution in [0, 0.1) is 20.8 Å². The minimum atomic E-state index is 0. The van der Waals surface area contributed by atoms with Crippen molar-refractivity contribution in [3.63, 3.8) is 0 Å². The smallest absolute Gasteiger partial charge is 0.343 e. The number of hydrogen-bond acceptors (Lipinski definition) is 0. The van der Waals surface area contributed by atoms with Crippen LogP contribution in [0.2, 0.25) is 0 Å². The van der Waals surface area contributed by atoms with Crippen LogP contribution in [0.3, 0.4) is 0 Å². The van der Waals surface area contributed by atoms with E-state index in [9.17, 15) is 0 Å². The van der Waals surface area contributed by atoms with Crippen molar-refractivity contribution in [2.24, 2.45) is 0 Å². The molecule has 0 aliphatic carbocycles. The predicted molar refractivity (Wildman–Crippen MR) is 60.8 cm³/mol. The molecule has 0 rings (SSSR count). The van der Waals surface area contributed by atoms with Gasteiger partial charge in [0.1, 0.15) is 0 Å². The van der Waals surface area contributed by atoms with Gasteiger partial charge in [0.15, 0.2) is 0 Å². The molecule has 0 saturated carbocycles. The van der Waals surface area contributed by atoms with E-state index >= 15 is 0 Å². The Bertz CT molecular complexity index is 31.1. The van der Waals surface area contributed by atoms with Crippen LogP contribution >= 0.6 is 0 Å². The van der Waals surface area contributed by atoms with Crippen LogP contribution < -0.4 is 139 Å². The molecule has 0 aromatic rings. The second kappa shape index (κ2) is 51.6. The van der Waals surface area contributed by atoms with Crippen LogP contribution in [0.15, 0.2) is 0 Å². The van der Waals surface area contributed by atoms with E-state index in [1.165, 1.54) is 19.3 Å². The summed E-state index contributed by atoms with van der Waals surface area (Å²) < 4.78 is 0. The van der Waals surface area contributed by atoms with Gasteiger partial charge < -0.3 is 20.8 Å². The van der Waals surface area contributed by atoms with Crippen LogP contribution in [0.1, 0.15) is 59.3 Å². The molecule has 0 atom stereocenters. The fourth-order valence-electron chi connectivity index (χ4n) is 0. The van der Waals surface area contributed by atoms with Gasteiger partial charge in [-0.1, -0.05) is 40.0 Å². The molecule has 0 nitrogen and oxygen atoms in total. The first-order valence-corrected chi connectivity index (χ1v) is 5.12. The summed E-state index contributed by atoms with van der Waals surface area (Å²) in [7, 11) is 0. The van der Waals surface area contributed by atoms with E-state index in [2.05, 4.69) is 41.5 Å². The van der Waals surface area contributed by atoms with Crippen molar-refractivity contribution >= 4 is 0 Å². The molecule has 0 aliphatic heterocycles. The molecule has 0 aliphatic rings. The second-order valence-electron chi connectivity index (χ2n) is 2.56. The fraction of sp³-hybridized carbons (Fsp3) is 0.750. The summed E-state index contributed by atoms with van der Waals surface area (Å²) in [6.45, 7) is 17.2. The van der Waals surface area contributed by atoms with Crippen LogP contribution in [-0.2, 0) is 0 Å². The molecule has 0 spiro atoms. The zero-order valence-electron chi connectivity index (χ0n) is 12.4. The average molecular weight is 350 g/mol. The quantitative estimate of drug-likeness (QED) is 0.359. The molecule has 15 heavy (non-hydrogen) atoms. The van der Waals surface area contributed by atoms with Crippen LogP contribution in [0.4, 0.5) is 0 Å². The van der Waals surface area contributed by atoms with Crippen LogP contribution in [-0.4, -0.2) is 0 Å². The molecule has 0 N–H and O–H groups in total. The summed E-state index contributed by atoms with van der Waals surface area (Å²) in [6.07, 6.45) is 6.83. The fourth-order valence-corrected chi connectivity index (χ4v) is 0. The minimum absolute atomic E-state index is 0. The third-order valence-electron chi connectivity index (χ3n) is 1.06. The van der Waals surface area contributed by atoms with E-state index in [-0.39, 0.29) is 139 Å². The van der Waals surface area contributed by atoms with Gasteiger partial charge in [-0.15, -0.1) is 0 Å². The van der Waals surface area contributed by atoms with Gasteiger partial charge >= 0.3 is 139 Å². The molecule has 78 valence electrons. The largest absolute Gasteiger partial charge is 1.00 e. The molecule has 0 unspecified atom stereocenters. The maximum absolute atomic E-state index is 3.60. The average Bonchev–Trinajstić information content (AvgIpc) is 2.18. The Hall–Kier alpha value is 4.29. The number of unbranched alkanes of at least 4 members (excludes halogenated alkanes) is 3. The van der Waals surface area contributed by atoms with Crippen LogP contribution in [0.25, 0.3) is 0 Å². The molecule has 0 saturated heterocycles. The molecule has 0 aromatic carbocycles. The van der Waals surface area contributed by atoms with Gasteiger partial charge in [0.05, 0.1) is 0 Å². The molecule has 0 radical (unpaired) electrons. The molecular weight excluding hydrogens is 323 g/mol. The standard InChI is InChI=1S/3C4H9.Cs.K.Li/c3*1-3-4-2;;;/h3*1,3-4H2,2H3;;;/q3*-1;3*+1. The van der Waals surface area contributed by atoms with E-state index in [1.54, 1.807) is 0 Å². The first kappa shape index (κ1) is 36.5.